The Morgan fingerprint density at radius 1 is 1.47 bits per heavy atom. The van der Waals surface area contributed by atoms with E-state index in [0.717, 1.165) is 17.5 Å². The highest BCUT2D eigenvalue weighted by atomic mass is 79.9. The van der Waals surface area contributed by atoms with Crippen LogP contribution in [0, 0.1) is 6.92 Å². The fourth-order valence-electron chi connectivity index (χ4n) is 1.87. The summed E-state index contributed by atoms with van der Waals surface area (Å²) in [6.45, 7) is 5.11. The molecule has 0 aliphatic carbocycles. The van der Waals surface area contributed by atoms with Crippen LogP contribution in [-0.4, -0.2) is 18.8 Å². The van der Waals surface area contributed by atoms with Gasteiger partial charge in [0.15, 0.2) is 0 Å². The number of rotatable bonds is 2. The van der Waals surface area contributed by atoms with Gasteiger partial charge in [-0.25, -0.2) is 0 Å². The molecule has 1 aromatic carbocycles. The van der Waals surface area contributed by atoms with Gasteiger partial charge in [0.2, 0.25) is 0 Å². The molecular formula is C12H16BrNO. The highest BCUT2D eigenvalue weighted by Crippen LogP contribution is 2.24. The fourth-order valence-corrected chi connectivity index (χ4v) is 2.23. The van der Waals surface area contributed by atoms with Crippen molar-refractivity contribution in [1.29, 1.82) is 0 Å². The molecule has 0 bridgehead atoms. The van der Waals surface area contributed by atoms with Crippen LogP contribution < -0.4 is 5.32 Å². The summed E-state index contributed by atoms with van der Waals surface area (Å²) in [5, 5.41) is 3.54. The van der Waals surface area contributed by atoms with E-state index in [0.29, 0.717) is 12.1 Å². The van der Waals surface area contributed by atoms with Crippen molar-refractivity contribution in [3.8, 4) is 0 Å². The minimum Gasteiger partial charge on any atom is -0.379 e. The molecule has 1 fully saturated rings. The summed E-state index contributed by atoms with van der Waals surface area (Å²) in [6, 6.07) is 6.75. The van der Waals surface area contributed by atoms with E-state index in [9.17, 15) is 0 Å². The van der Waals surface area contributed by atoms with Crippen molar-refractivity contribution < 1.29 is 4.74 Å². The average Bonchev–Trinajstić information content (AvgIpc) is 2.58. The lowest BCUT2D eigenvalue weighted by molar-refractivity contribution is 0.121. The maximum atomic E-state index is 5.53. The lowest BCUT2D eigenvalue weighted by Gasteiger charge is -2.19. The Hall–Kier alpha value is -0.540. The zero-order valence-corrected chi connectivity index (χ0v) is 10.7. The minimum absolute atomic E-state index is 0.309. The molecule has 0 aromatic heterocycles. The maximum absolute atomic E-state index is 5.53. The molecule has 1 heterocycles. The van der Waals surface area contributed by atoms with Gasteiger partial charge in [-0.15, -0.1) is 0 Å². The first-order valence-electron chi connectivity index (χ1n) is 5.31. The molecule has 1 saturated heterocycles. The molecule has 1 aromatic rings. The third-order valence-electron chi connectivity index (χ3n) is 2.92. The van der Waals surface area contributed by atoms with E-state index in [1.165, 1.54) is 11.3 Å². The molecule has 0 radical (unpaired) electrons. The molecule has 2 atom stereocenters. The minimum atomic E-state index is 0.309. The van der Waals surface area contributed by atoms with Crippen molar-refractivity contribution in [1.82, 2.24) is 0 Å². The summed E-state index contributed by atoms with van der Waals surface area (Å²) in [7, 11) is 0. The first kappa shape index (κ1) is 11.0. The van der Waals surface area contributed by atoms with Crippen molar-refractivity contribution in [2.45, 2.75) is 32.4 Å². The van der Waals surface area contributed by atoms with Gasteiger partial charge in [0.1, 0.15) is 0 Å². The zero-order chi connectivity index (χ0) is 10.8. The van der Waals surface area contributed by atoms with Crippen LogP contribution in [0.3, 0.4) is 0 Å². The second-order valence-electron chi connectivity index (χ2n) is 4.07. The van der Waals surface area contributed by atoms with E-state index < -0.39 is 0 Å². The van der Waals surface area contributed by atoms with Gasteiger partial charge in [0.05, 0.1) is 12.1 Å². The first-order chi connectivity index (χ1) is 7.16. The Labute approximate surface area is 99.1 Å². The fraction of sp³-hybridized carbons (Fsp3) is 0.500. The molecule has 15 heavy (non-hydrogen) atoms. The van der Waals surface area contributed by atoms with Crippen LogP contribution in [-0.2, 0) is 4.74 Å². The highest BCUT2D eigenvalue weighted by Gasteiger charge is 2.24. The number of nitrogens with one attached hydrogen (secondary N) is 1. The van der Waals surface area contributed by atoms with E-state index in [1.807, 2.05) is 0 Å². The molecule has 3 heteroatoms. The third kappa shape index (κ3) is 2.52. The standard InChI is InChI=1S/C12H16BrNO/c1-8-3-4-10(13)7-12(8)14-11-5-6-15-9(11)2/h3-4,7,9,11,14H,5-6H2,1-2H3/t9-,11+/m1/s1. The molecule has 0 saturated carbocycles. The van der Waals surface area contributed by atoms with E-state index >= 15 is 0 Å². The second kappa shape index (κ2) is 4.54. The molecular weight excluding hydrogens is 254 g/mol. The van der Waals surface area contributed by atoms with Gasteiger partial charge in [-0.3, -0.25) is 0 Å². The number of anilines is 1. The normalized spacial score (nSPS) is 25.5. The number of halogens is 1. The number of benzene rings is 1. The number of ether oxygens (including phenoxy) is 1. The number of aryl methyl sites for hydroxylation is 1. The van der Waals surface area contributed by atoms with Crippen LogP contribution in [0.25, 0.3) is 0 Å². The summed E-state index contributed by atoms with van der Waals surface area (Å²) in [5.74, 6) is 0. The van der Waals surface area contributed by atoms with Crippen molar-refractivity contribution in [3.05, 3.63) is 28.2 Å². The lowest BCUT2D eigenvalue weighted by atomic mass is 10.1. The smallest absolute Gasteiger partial charge is 0.0748 e. The number of hydrogen-bond acceptors (Lipinski definition) is 2. The summed E-state index contributed by atoms with van der Waals surface area (Å²) in [4.78, 5) is 0. The Morgan fingerprint density at radius 2 is 2.27 bits per heavy atom. The summed E-state index contributed by atoms with van der Waals surface area (Å²) < 4.78 is 6.65. The maximum Gasteiger partial charge on any atom is 0.0748 e. The quantitative estimate of drug-likeness (QED) is 0.889. The number of hydrogen-bond donors (Lipinski definition) is 1. The molecule has 1 aliphatic rings. The van der Waals surface area contributed by atoms with E-state index in [1.54, 1.807) is 0 Å². The van der Waals surface area contributed by atoms with Gasteiger partial charge in [0.25, 0.3) is 0 Å². The van der Waals surface area contributed by atoms with Crippen LogP contribution in [0.4, 0.5) is 5.69 Å². The van der Waals surface area contributed by atoms with Gasteiger partial charge in [-0.1, -0.05) is 22.0 Å². The van der Waals surface area contributed by atoms with Gasteiger partial charge in [-0.05, 0) is 38.0 Å². The monoisotopic (exact) mass is 269 g/mol. The van der Waals surface area contributed by atoms with Crippen molar-refractivity contribution in [3.63, 3.8) is 0 Å². The van der Waals surface area contributed by atoms with Gasteiger partial charge >= 0.3 is 0 Å². The molecule has 0 amide bonds. The molecule has 1 N–H and O–H groups in total. The Morgan fingerprint density at radius 3 is 2.93 bits per heavy atom. The highest BCUT2D eigenvalue weighted by molar-refractivity contribution is 9.10. The Bertz CT molecular complexity index is 353. The molecule has 0 spiro atoms. The molecule has 2 rings (SSSR count). The summed E-state index contributed by atoms with van der Waals surface area (Å²) in [6.07, 6.45) is 1.40. The van der Waals surface area contributed by atoms with E-state index in [2.05, 4.69) is 53.3 Å². The third-order valence-corrected chi connectivity index (χ3v) is 3.41. The van der Waals surface area contributed by atoms with Crippen LogP contribution in [0.2, 0.25) is 0 Å². The molecule has 82 valence electrons. The second-order valence-corrected chi connectivity index (χ2v) is 4.99. The topological polar surface area (TPSA) is 21.3 Å². The van der Waals surface area contributed by atoms with Gasteiger partial charge in [0, 0.05) is 16.8 Å². The predicted octanol–water partition coefficient (Wildman–Crippen LogP) is 3.35. The first-order valence-corrected chi connectivity index (χ1v) is 6.10. The van der Waals surface area contributed by atoms with Crippen LogP contribution >= 0.6 is 15.9 Å². The van der Waals surface area contributed by atoms with Crippen LogP contribution in [0.15, 0.2) is 22.7 Å². The lowest BCUT2D eigenvalue weighted by Crippen LogP contribution is -2.26. The molecule has 1 aliphatic heterocycles. The van der Waals surface area contributed by atoms with E-state index in [-0.39, 0.29) is 0 Å². The van der Waals surface area contributed by atoms with Gasteiger partial charge < -0.3 is 10.1 Å². The largest absolute Gasteiger partial charge is 0.379 e. The van der Waals surface area contributed by atoms with Crippen molar-refractivity contribution in [2.24, 2.45) is 0 Å². The SMILES string of the molecule is Cc1ccc(Br)cc1N[C@H]1CCO[C@@H]1C. The average molecular weight is 270 g/mol. The summed E-state index contributed by atoms with van der Waals surface area (Å²) >= 11 is 3.49. The van der Waals surface area contributed by atoms with Crippen molar-refractivity contribution >= 4 is 21.6 Å². The van der Waals surface area contributed by atoms with Crippen LogP contribution in [0.1, 0.15) is 18.9 Å². The Kier molecular flexibility index (Phi) is 3.32. The van der Waals surface area contributed by atoms with E-state index in [4.69, 9.17) is 4.74 Å². The zero-order valence-electron chi connectivity index (χ0n) is 9.09. The summed E-state index contributed by atoms with van der Waals surface area (Å²) in [5.41, 5.74) is 2.48. The Balaban J connectivity index is 2.12. The van der Waals surface area contributed by atoms with Crippen LogP contribution in [0.5, 0.6) is 0 Å². The predicted molar refractivity (Wildman–Crippen MR) is 66.3 cm³/mol. The van der Waals surface area contributed by atoms with Gasteiger partial charge in [-0.2, -0.15) is 0 Å². The molecule has 2 nitrogen and oxygen atoms in total. The van der Waals surface area contributed by atoms with Crippen molar-refractivity contribution in [2.75, 3.05) is 11.9 Å². The molecule has 0 unspecified atom stereocenters.